The van der Waals surface area contributed by atoms with E-state index in [0.717, 1.165) is 21.7 Å². The maximum Gasteiger partial charge on any atom is 0.331 e. The number of carbonyl (C=O) groups excluding carboxylic acids is 3. The number of amides is 2. The summed E-state index contributed by atoms with van der Waals surface area (Å²) < 4.78 is 8.39. The van der Waals surface area contributed by atoms with E-state index in [1.165, 1.54) is 6.08 Å². The second-order valence-electron chi connectivity index (χ2n) is 7.42. The third-order valence-corrected chi connectivity index (χ3v) is 5.78. The summed E-state index contributed by atoms with van der Waals surface area (Å²) in [5, 5.41) is 8.84. The molecule has 8 nitrogen and oxygen atoms in total. The van der Waals surface area contributed by atoms with Gasteiger partial charge in [-0.25, -0.2) is 4.79 Å². The molecule has 0 bridgehead atoms. The molecule has 0 radical (unpaired) electrons. The van der Waals surface area contributed by atoms with Crippen LogP contribution in [0.15, 0.2) is 78.4 Å². The topological polar surface area (TPSA) is 95.2 Å². The van der Waals surface area contributed by atoms with Gasteiger partial charge < -0.3 is 9.30 Å². The molecule has 0 spiro atoms. The fourth-order valence-corrected chi connectivity index (χ4v) is 4.01. The summed E-state index contributed by atoms with van der Waals surface area (Å²) in [4.78, 5) is 37.2. The van der Waals surface area contributed by atoms with Crippen molar-refractivity contribution in [2.75, 3.05) is 6.61 Å². The number of ether oxygens (including phenoxy) is 1. The lowest BCUT2D eigenvalue weighted by Gasteiger charge is -2.05. The molecule has 0 saturated carbocycles. The maximum absolute atomic E-state index is 12.2. The fraction of sp³-hybridized carbons (Fsp3) is 0.120. The lowest BCUT2D eigenvalue weighted by Crippen LogP contribution is -2.34. The van der Waals surface area contributed by atoms with Crippen LogP contribution in [0.5, 0.6) is 0 Å². The van der Waals surface area contributed by atoms with E-state index in [0.29, 0.717) is 12.2 Å². The summed E-state index contributed by atoms with van der Waals surface area (Å²) in [7, 11) is 1.69. The van der Waals surface area contributed by atoms with Gasteiger partial charge in [0.15, 0.2) is 6.61 Å². The number of carbonyl (C=O) groups is 3. The zero-order valence-corrected chi connectivity index (χ0v) is 19.2. The highest BCUT2D eigenvalue weighted by Gasteiger charge is 2.15. The Kier molecular flexibility index (Phi) is 7.14. The first-order chi connectivity index (χ1) is 16.5. The zero-order valence-electron chi connectivity index (χ0n) is 18.4. The molecule has 3 aromatic heterocycles. The molecule has 172 valence electrons. The number of aryl methyl sites for hydroxylation is 1. The summed E-state index contributed by atoms with van der Waals surface area (Å²) in [6, 6.07) is 17.1. The first-order valence-electron chi connectivity index (χ1n) is 10.4. The van der Waals surface area contributed by atoms with Crippen LogP contribution in [0, 0.1) is 0 Å². The maximum atomic E-state index is 12.2. The van der Waals surface area contributed by atoms with Gasteiger partial charge >= 0.3 is 5.97 Å². The average Bonchev–Trinajstić information content (AvgIpc) is 3.58. The Morgan fingerprint density at radius 1 is 1.09 bits per heavy atom. The van der Waals surface area contributed by atoms with E-state index in [2.05, 4.69) is 10.4 Å². The summed E-state index contributed by atoms with van der Waals surface area (Å²) in [5.74, 6) is -1.96. The minimum Gasteiger partial charge on any atom is -0.452 e. The predicted molar refractivity (Wildman–Crippen MR) is 129 cm³/mol. The van der Waals surface area contributed by atoms with E-state index in [9.17, 15) is 14.4 Å². The number of nitrogens with one attached hydrogen (secondary N) is 1. The molecular weight excluding hydrogens is 452 g/mol. The SMILES string of the molecule is Cn1cccc1C(=O)NC(=O)COC(=O)/C=C/c1cn(Cc2ccccc2)nc1-c1cccs1. The van der Waals surface area contributed by atoms with Crippen LogP contribution < -0.4 is 5.32 Å². The fourth-order valence-electron chi connectivity index (χ4n) is 3.28. The van der Waals surface area contributed by atoms with Crippen molar-refractivity contribution in [3.05, 3.63) is 95.3 Å². The molecule has 4 aromatic rings. The minimum absolute atomic E-state index is 0.327. The summed E-state index contributed by atoms with van der Waals surface area (Å²) in [6.45, 7) is 0.0250. The second kappa shape index (κ2) is 10.6. The van der Waals surface area contributed by atoms with Crippen LogP contribution in [0.4, 0.5) is 0 Å². The van der Waals surface area contributed by atoms with Crippen LogP contribution in [-0.4, -0.2) is 38.7 Å². The molecule has 0 atom stereocenters. The first-order valence-corrected chi connectivity index (χ1v) is 11.3. The molecule has 4 rings (SSSR count). The molecule has 0 unspecified atom stereocenters. The molecular formula is C25H22N4O4S. The van der Waals surface area contributed by atoms with Crippen molar-refractivity contribution in [3.8, 4) is 10.6 Å². The standard InChI is InChI=1S/C25H22N4O4S/c1-28-13-5-9-20(28)25(32)26-22(30)17-33-23(31)12-11-19-16-29(15-18-7-3-2-4-8-18)27-24(19)21-10-6-14-34-21/h2-14,16H,15,17H2,1H3,(H,26,30,32)/b12-11+. The van der Waals surface area contributed by atoms with Crippen LogP contribution in [0.25, 0.3) is 16.6 Å². The number of imide groups is 1. The van der Waals surface area contributed by atoms with Crippen molar-refractivity contribution in [2.45, 2.75) is 6.54 Å². The third-order valence-electron chi connectivity index (χ3n) is 4.91. The van der Waals surface area contributed by atoms with Crippen molar-refractivity contribution in [1.29, 1.82) is 0 Å². The molecule has 0 aliphatic rings. The molecule has 0 aliphatic carbocycles. The Bertz CT molecular complexity index is 1320. The van der Waals surface area contributed by atoms with Gasteiger partial charge in [-0.3, -0.25) is 19.6 Å². The summed E-state index contributed by atoms with van der Waals surface area (Å²) in [5.41, 5.74) is 2.93. The number of hydrogen-bond donors (Lipinski definition) is 1. The monoisotopic (exact) mass is 474 g/mol. The highest BCUT2D eigenvalue weighted by molar-refractivity contribution is 7.13. The van der Waals surface area contributed by atoms with Crippen LogP contribution in [-0.2, 0) is 27.9 Å². The normalized spacial score (nSPS) is 11.0. The predicted octanol–water partition coefficient (Wildman–Crippen LogP) is 3.51. The van der Waals surface area contributed by atoms with Crippen LogP contribution in [0.3, 0.4) is 0 Å². The van der Waals surface area contributed by atoms with Crippen LogP contribution >= 0.6 is 11.3 Å². The van der Waals surface area contributed by atoms with E-state index in [1.807, 2.05) is 58.7 Å². The van der Waals surface area contributed by atoms with Crippen LogP contribution in [0.2, 0.25) is 0 Å². The zero-order chi connectivity index (χ0) is 23.9. The lowest BCUT2D eigenvalue weighted by atomic mass is 10.2. The van der Waals surface area contributed by atoms with Gasteiger partial charge in [0.25, 0.3) is 11.8 Å². The Labute approximate surface area is 200 Å². The van der Waals surface area contributed by atoms with Crippen molar-refractivity contribution in [1.82, 2.24) is 19.7 Å². The van der Waals surface area contributed by atoms with E-state index < -0.39 is 24.4 Å². The van der Waals surface area contributed by atoms with Gasteiger partial charge in [0, 0.05) is 31.1 Å². The smallest absolute Gasteiger partial charge is 0.331 e. The number of nitrogens with zero attached hydrogens (tertiary/aromatic N) is 3. The number of thiophene rings is 1. The van der Waals surface area contributed by atoms with Gasteiger partial charge in [-0.2, -0.15) is 5.10 Å². The van der Waals surface area contributed by atoms with Crippen LogP contribution in [0.1, 0.15) is 21.6 Å². The minimum atomic E-state index is -0.706. The van der Waals surface area contributed by atoms with Gasteiger partial charge in [0.1, 0.15) is 11.4 Å². The van der Waals surface area contributed by atoms with Crippen molar-refractivity contribution in [2.24, 2.45) is 7.05 Å². The third kappa shape index (κ3) is 5.76. The highest BCUT2D eigenvalue weighted by Crippen LogP contribution is 2.27. The Morgan fingerprint density at radius 3 is 2.62 bits per heavy atom. The van der Waals surface area contributed by atoms with E-state index in [1.54, 1.807) is 47.4 Å². The van der Waals surface area contributed by atoms with E-state index in [-0.39, 0.29) is 0 Å². The average molecular weight is 475 g/mol. The molecule has 1 N–H and O–H groups in total. The van der Waals surface area contributed by atoms with Crippen molar-refractivity contribution >= 4 is 35.2 Å². The molecule has 0 aliphatic heterocycles. The molecule has 2 amide bonds. The number of rotatable bonds is 8. The molecule has 34 heavy (non-hydrogen) atoms. The van der Waals surface area contributed by atoms with E-state index >= 15 is 0 Å². The number of benzene rings is 1. The van der Waals surface area contributed by atoms with E-state index in [4.69, 9.17) is 4.74 Å². The first kappa shape index (κ1) is 22.9. The van der Waals surface area contributed by atoms with Crippen molar-refractivity contribution in [3.63, 3.8) is 0 Å². The lowest BCUT2D eigenvalue weighted by molar-refractivity contribution is -0.143. The van der Waals surface area contributed by atoms with Gasteiger partial charge in [-0.05, 0) is 35.2 Å². The number of esters is 1. The van der Waals surface area contributed by atoms with Crippen molar-refractivity contribution < 1.29 is 19.1 Å². The number of hydrogen-bond acceptors (Lipinski definition) is 6. The van der Waals surface area contributed by atoms with Gasteiger partial charge in [0.05, 0.1) is 11.4 Å². The highest BCUT2D eigenvalue weighted by atomic mass is 32.1. The largest absolute Gasteiger partial charge is 0.452 e. The number of aromatic nitrogens is 3. The quantitative estimate of drug-likeness (QED) is 0.312. The summed E-state index contributed by atoms with van der Waals surface area (Å²) in [6.07, 6.45) is 6.40. The molecule has 3 heterocycles. The van der Waals surface area contributed by atoms with Gasteiger partial charge in [-0.15, -0.1) is 11.3 Å². The van der Waals surface area contributed by atoms with Gasteiger partial charge in [0.2, 0.25) is 0 Å². The molecule has 0 saturated heterocycles. The molecule has 9 heteroatoms. The Hall–Kier alpha value is -4.24. The second-order valence-corrected chi connectivity index (χ2v) is 8.36. The molecule has 0 fully saturated rings. The Morgan fingerprint density at radius 2 is 1.91 bits per heavy atom. The summed E-state index contributed by atoms with van der Waals surface area (Å²) >= 11 is 1.55. The molecule has 1 aromatic carbocycles. The Balaban J connectivity index is 1.39. The van der Waals surface area contributed by atoms with Gasteiger partial charge in [-0.1, -0.05) is 36.4 Å².